The van der Waals surface area contributed by atoms with E-state index in [1.807, 2.05) is 67.6 Å². The van der Waals surface area contributed by atoms with Gasteiger partial charge in [0.25, 0.3) is 0 Å². The molecular formula is C20H22ClN3O. The first-order chi connectivity index (χ1) is 12.1. The molecule has 4 nitrogen and oxygen atoms in total. The topological polar surface area (TPSA) is 41.3 Å². The number of nitrogens with zero attached hydrogens (tertiary/aromatic N) is 3. The molecule has 1 aromatic heterocycles. The third kappa shape index (κ3) is 4.03. The third-order valence-corrected chi connectivity index (χ3v) is 4.47. The molecule has 3 rings (SSSR count). The molecule has 0 bridgehead atoms. The fourth-order valence-corrected chi connectivity index (χ4v) is 3.19. The second kappa shape index (κ2) is 7.72. The second-order valence-electron chi connectivity index (χ2n) is 6.17. The Morgan fingerprint density at radius 3 is 2.28 bits per heavy atom. The van der Waals surface area contributed by atoms with Crippen LogP contribution in [0.5, 0.6) is 0 Å². The second-order valence-corrected chi connectivity index (χ2v) is 6.53. The highest BCUT2D eigenvalue weighted by Gasteiger charge is 2.19. The number of hydrogen-bond acceptors (Lipinski definition) is 3. The molecule has 1 atom stereocenters. The Labute approximate surface area is 153 Å². The van der Waals surface area contributed by atoms with Crippen molar-refractivity contribution in [1.29, 1.82) is 0 Å². The van der Waals surface area contributed by atoms with Crippen molar-refractivity contribution in [2.24, 2.45) is 0 Å². The molecule has 1 N–H and O–H groups in total. The smallest absolute Gasteiger partial charge is 0.138 e. The summed E-state index contributed by atoms with van der Waals surface area (Å²) in [6.45, 7) is 4.87. The monoisotopic (exact) mass is 355 g/mol. The van der Waals surface area contributed by atoms with Crippen molar-refractivity contribution in [1.82, 2.24) is 9.78 Å². The van der Waals surface area contributed by atoms with Crippen LogP contribution >= 0.6 is 11.6 Å². The molecule has 2 aromatic carbocycles. The van der Waals surface area contributed by atoms with E-state index in [1.54, 1.807) is 11.6 Å². The number of benzene rings is 2. The van der Waals surface area contributed by atoms with Gasteiger partial charge < -0.3 is 10.0 Å². The largest absolute Gasteiger partial charge is 0.392 e. The zero-order valence-electron chi connectivity index (χ0n) is 14.4. The number of aromatic nitrogens is 2. The minimum Gasteiger partial charge on any atom is -0.392 e. The Balaban J connectivity index is 1.94. The van der Waals surface area contributed by atoms with Crippen LogP contribution in [0.1, 0.15) is 18.2 Å². The van der Waals surface area contributed by atoms with Crippen LogP contribution in [0.2, 0.25) is 5.15 Å². The summed E-state index contributed by atoms with van der Waals surface area (Å²) in [7, 11) is 0. The van der Waals surface area contributed by atoms with Gasteiger partial charge in [-0.05, 0) is 38.1 Å². The molecule has 0 spiro atoms. The summed E-state index contributed by atoms with van der Waals surface area (Å²) in [5, 5.41) is 15.1. The number of halogens is 1. The molecule has 25 heavy (non-hydrogen) atoms. The number of anilines is 1. The van der Waals surface area contributed by atoms with Gasteiger partial charge in [-0.15, -0.1) is 0 Å². The van der Waals surface area contributed by atoms with Crippen molar-refractivity contribution in [3.63, 3.8) is 0 Å². The fourth-order valence-electron chi connectivity index (χ4n) is 2.86. The number of aliphatic hydroxyl groups excluding tert-OH is 1. The lowest BCUT2D eigenvalue weighted by atomic mass is 10.2. The van der Waals surface area contributed by atoms with E-state index in [-0.39, 0.29) is 0 Å². The zero-order valence-corrected chi connectivity index (χ0v) is 15.2. The van der Waals surface area contributed by atoms with Gasteiger partial charge in [0.15, 0.2) is 0 Å². The van der Waals surface area contributed by atoms with E-state index in [9.17, 15) is 5.11 Å². The molecule has 0 radical (unpaired) electrons. The Kier molecular flexibility index (Phi) is 5.41. The number of aliphatic hydroxyl groups is 1. The molecule has 130 valence electrons. The van der Waals surface area contributed by atoms with E-state index in [1.165, 1.54) is 0 Å². The SMILES string of the molecule is Cc1nn(-c2ccccc2)c(Cl)c1CN(CC(C)O)c1ccccc1. The number of rotatable bonds is 6. The van der Waals surface area contributed by atoms with E-state index < -0.39 is 6.10 Å². The van der Waals surface area contributed by atoms with Crippen LogP contribution in [0.15, 0.2) is 60.7 Å². The van der Waals surface area contributed by atoms with Gasteiger partial charge in [-0.2, -0.15) is 5.10 Å². The van der Waals surface area contributed by atoms with Crippen LogP contribution in [0.4, 0.5) is 5.69 Å². The van der Waals surface area contributed by atoms with E-state index in [0.717, 1.165) is 22.6 Å². The highest BCUT2D eigenvalue weighted by molar-refractivity contribution is 6.30. The molecule has 3 aromatic rings. The molecule has 5 heteroatoms. The standard InChI is InChI=1S/C20H22ClN3O/c1-15(25)13-23(17-9-5-3-6-10-17)14-19-16(2)22-24(20(19)21)18-11-7-4-8-12-18/h3-12,15,25H,13-14H2,1-2H3. The average molecular weight is 356 g/mol. The maximum absolute atomic E-state index is 9.89. The molecule has 0 aliphatic rings. The summed E-state index contributed by atoms with van der Waals surface area (Å²) in [6.07, 6.45) is -0.441. The Bertz CT molecular complexity index is 816. The van der Waals surface area contributed by atoms with Gasteiger partial charge in [0, 0.05) is 24.3 Å². The maximum Gasteiger partial charge on any atom is 0.138 e. The molecule has 0 aliphatic heterocycles. The first kappa shape index (κ1) is 17.5. The molecule has 0 aliphatic carbocycles. The lowest BCUT2D eigenvalue weighted by Gasteiger charge is -2.26. The average Bonchev–Trinajstić information content (AvgIpc) is 2.90. The van der Waals surface area contributed by atoms with Crippen molar-refractivity contribution in [3.05, 3.63) is 77.1 Å². The van der Waals surface area contributed by atoms with Crippen LogP contribution in [-0.2, 0) is 6.54 Å². The Hall–Kier alpha value is -2.30. The van der Waals surface area contributed by atoms with Crippen molar-refractivity contribution >= 4 is 17.3 Å². The third-order valence-electron chi connectivity index (χ3n) is 4.08. The fraction of sp³-hybridized carbons (Fsp3) is 0.250. The van der Waals surface area contributed by atoms with E-state index >= 15 is 0 Å². The summed E-state index contributed by atoms with van der Waals surface area (Å²) >= 11 is 6.64. The minimum absolute atomic E-state index is 0.441. The first-order valence-corrected chi connectivity index (χ1v) is 8.71. The molecule has 0 amide bonds. The van der Waals surface area contributed by atoms with Crippen molar-refractivity contribution < 1.29 is 5.11 Å². The summed E-state index contributed by atoms with van der Waals surface area (Å²) in [5.41, 5.74) is 3.84. The highest BCUT2D eigenvalue weighted by atomic mass is 35.5. The van der Waals surface area contributed by atoms with Crippen LogP contribution in [0.3, 0.4) is 0 Å². The van der Waals surface area contributed by atoms with Crippen LogP contribution in [0, 0.1) is 6.92 Å². The predicted molar refractivity (Wildman–Crippen MR) is 102 cm³/mol. The summed E-state index contributed by atoms with van der Waals surface area (Å²) in [6, 6.07) is 19.9. The molecule has 0 fully saturated rings. The van der Waals surface area contributed by atoms with Gasteiger partial charge in [-0.1, -0.05) is 48.0 Å². The van der Waals surface area contributed by atoms with Gasteiger partial charge in [-0.3, -0.25) is 0 Å². The van der Waals surface area contributed by atoms with Crippen LogP contribution < -0.4 is 4.90 Å². The first-order valence-electron chi connectivity index (χ1n) is 8.33. The zero-order chi connectivity index (χ0) is 17.8. The molecule has 1 unspecified atom stereocenters. The summed E-state index contributed by atoms with van der Waals surface area (Å²) in [4.78, 5) is 2.12. The quantitative estimate of drug-likeness (QED) is 0.719. The van der Waals surface area contributed by atoms with Gasteiger partial charge in [-0.25, -0.2) is 4.68 Å². The number of para-hydroxylation sites is 2. The van der Waals surface area contributed by atoms with Crippen LogP contribution in [-0.4, -0.2) is 27.5 Å². The van der Waals surface area contributed by atoms with Gasteiger partial charge >= 0.3 is 0 Å². The van der Waals surface area contributed by atoms with Gasteiger partial charge in [0.05, 0.1) is 17.5 Å². The molecule has 0 saturated carbocycles. The predicted octanol–water partition coefficient (Wildman–Crippen LogP) is 4.22. The normalized spacial score (nSPS) is 12.2. The highest BCUT2D eigenvalue weighted by Crippen LogP contribution is 2.27. The summed E-state index contributed by atoms with van der Waals surface area (Å²) in [5.74, 6) is 0. The lowest BCUT2D eigenvalue weighted by Crippen LogP contribution is -2.30. The number of aryl methyl sites for hydroxylation is 1. The Morgan fingerprint density at radius 2 is 1.68 bits per heavy atom. The van der Waals surface area contributed by atoms with Crippen LogP contribution in [0.25, 0.3) is 5.69 Å². The van der Waals surface area contributed by atoms with Crippen molar-refractivity contribution in [3.8, 4) is 5.69 Å². The minimum atomic E-state index is -0.441. The van der Waals surface area contributed by atoms with Crippen molar-refractivity contribution in [2.45, 2.75) is 26.5 Å². The molecule has 0 saturated heterocycles. The number of hydrogen-bond donors (Lipinski definition) is 1. The lowest BCUT2D eigenvalue weighted by molar-refractivity contribution is 0.199. The summed E-state index contributed by atoms with van der Waals surface area (Å²) < 4.78 is 1.76. The maximum atomic E-state index is 9.89. The van der Waals surface area contributed by atoms with E-state index in [4.69, 9.17) is 11.6 Å². The van der Waals surface area contributed by atoms with E-state index in [0.29, 0.717) is 18.2 Å². The van der Waals surface area contributed by atoms with Gasteiger partial charge in [0.2, 0.25) is 0 Å². The Morgan fingerprint density at radius 1 is 1.08 bits per heavy atom. The molecule has 1 heterocycles. The van der Waals surface area contributed by atoms with E-state index in [2.05, 4.69) is 10.00 Å². The van der Waals surface area contributed by atoms with Gasteiger partial charge in [0.1, 0.15) is 5.15 Å². The van der Waals surface area contributed by atoms with Crippen molar-refractivity contribution in [2.75, 3.05) is 11.4 Å². The molecular weight excluding hydrogens is 334 g/mol.